The van der Waals surface area contributed by atoms with Gasteiger partial charge in [0.2, 0.25) is 5.91 Å². The molecule has 0 radical (unpaired) electrons. The number of carbonyl (C=O) groups is 1. The molecule has 0 spiro atoms. The van der Waals surface area contributed by atoms with Crippen LogP contribution in [0.5, 0.6) is 0 Å². The molecule has 0 aromatic carbocycles. The molecule has 0 aliphatic carbocycles. The highest BCUT2D eigenvalue weighted by atomic mass is 127. The first-order chi connectivity index (χ1) is 12.7. The van der Waals surface area contributed by atoms with Gasteiger partial charge in [-0.15, -0.1) is 46.7 Å². The van der Waals surface area contributed by atoms with Crippen LogP contribution in [0.2, 0.25) is 0 Å². The zero-order chi connectivity index (χ0) is 18.4. The Balaban J connectivity index is 0.00000261. The quantitative estimate of drug-likeness (QED) is 0.349. The number of fused-ring (bicyclic) bond motifs is 1. The first kappa shape index (κ1) is 22.2. The molecule has 27 heavy (non-hydrogen) atoms. The third kappa shape index (κ3) is 6.18. The number of thiophene rings is 2. The number of carbonyl (C=O) groups excluding carboxylic acids is 1. The third-order valence-electron chi connectivity index (χ3n) is 4.51. The molecule has 1 aliphatic heterocycles. The molecule has 0 atom stereocenters. The Labute approximate surface area is 186 Å². The molecule has 0 saturated heterocycles. The molecule has 2 aromatic rings. The van der Waals surface area contributed by atoms with Crippen LogP contribution in [0.3, 0.4) is 0 Å². The van der Waals surface area contributed by atoms with E-state index in [0.29, 0.717) is 13.0 Å². The highest BCUT2D eigenvalue weighted by Gasteiger charge is 2.20. The second-order valence-corrected chi connectivity index (χ2v) is 8.51. The summed E-state index contributed by atoms with van der Waals surface area (Å²) in [5.41, 5.74) is 1.31. The van der Waals surface area contributed by atoms with E-state index >= 15 is 0 Å². The largest absolute Gasteiger partial charge is 0.356 e. The summed E-state index contributed by atoms with van der Waals surface area (Å²) in [6.07, 6.45) is 2.54. The minimum absolute atomic E-state index is 0. The van der Waals surface area contributed by atoms with Gasteiger partial charge in [-0.2, -0.15) is 0 Å². The minimum atomic E-state index is 0. The van der Waals surface area contributed by atoms with Gasteiger partial charge in [0.05, 0.1) is 6.54 Å². The van der Waals surface area contributed by atoms with Crippen LogP contribution in [-0.4, -0.2) is 36.9 Å². The molecule has 2 N–H and O–H groups in total. The van der Waals surface area contributed by atoms with E-state index in [1.807, 2.05) is 16.2 Å². The lowest BCUT2D eigenvalue weighted by Gasteiger charge is -2.27. The van der Waals surface area contributed by atoms with E-state index in [-0.39, 0.29) is 29.9 Å². The average molecular weight is 518 g/mol. The number of hydrogen-bond donors (Lipinski definition) is 2. The molecular formula is C19H27IN4OS2. The Bertz CT molecular complexity index is 771. The fourth-order valence-corrected chi connectivity index (χ4v) is 4.79. The maximum atomic E-state index is 12.4. The van der Waals surface area contributed by atoms with Gasteiger partial charge in [-0.3, -0.25) is 9.79 Å². The molecule has 148 valence electrons. The maximum Gasteiger partial charge on any atom is 0.224 e. The number of guanidine groups is 1. The summed E-state index contributed by atoms with van der Waals surface area (Å²) in [5.74, 6) is 0.943. The number of halogens is 1. The normalized spacial score (nSPS) is 13.7. The predicted octanol–water partition coefficient (Wildman–Crippen LogP) is 3.63. The zero-order valence-electron chi connectivity index (χ0n) is 15.8. The lowest BCUT2D eigenvalue weighted by molar-refractivity contribution is -0.131. The van der Waals surface area contributed by atoms with Crippen LogP contribution in [0.1, 0.15) is 33.5 Å². The van der Waals surface area contributed by atoms with Crippen LogP contribution in [0, 0.1) is 0 Å². The zero-order valence-corrected chi connectivity index (χ0v) is 19.7. The number of hydrogen-bond acceptors (Lipinski definition) is 4. The lowest BCUT2D eigenvalue weighted by Crippen LogP contribution is -2.40. The predicted molar refractivity (Wildman–Crippen MR) is 125 cm³/mol. The molecule has 2 aromatic heterocycles. The average Bonchev–Trinajstić information content (AvgIpc) is 3.32. The molecule has 0 saturated carbocycles. The van der Waals surface area contributed by atoms with Gasteiger partial charge in [-0.25, -0.2) is 0 Å². The first-order valence-corrected chi connectivity index (χ1v) is 10.7. The fourth-order valence-electron chi connectivity index (χ4n) is 3.01. The van der Waals surface area contributed by atoms with Gasteiger partial charge in [0.25, 0.3) is 0 Å². The molecular weight excluding hydrogens is 491 g/mol. The van der Waals surface area contributed by atoms with E-state index in [1.165, 1.54) is 20.2 Å². The van der Waals surface area contributed by atoms with E-state index in [2.05, 4.69) is 46.1 Å². The molecule has 0 bridgehead atoms. The van der Waals surface area contributed by atoms with Gasteiger partial charge in [0, 0.05) is 47.7 Å². The Kier molecular flexibility index (Phi) is 9.04. The van der Waals surface area contributed by atoms with E-state index in [1.54, 1.807) is 18.4 Å². The summed E-state index contributed by atoms with van der Waals surface area (Å²) in [4.78, 5) is 22.8. The van der Waals surface area contributed by atoms with Gasteiger partial charge >= 0.3 is 0 Å². The first-order valence-electron chi connectivity index (χ1n) is 9.04. The molecule has 3 heterocycles. The highest BCUT2D eigenvalue weighted by molar-refractivity contribution is 14.0. The van der Waals surface area contributed by atoms with Crippen molar-refractivity contribution < 1.29 is 4.79 Å². The Hall–Kier alpha value is -1.13. The number of nitrogens with one attached hydrogen (secondary N) is 2. The molecule has 3 rings (SSSR count). The molecule has 0 unspecified atom stereocenters. The van der Waals surface area contributed by atoms with Gasteiger partial charge < -0.3 is 15.5 Å². The van der Waals surface area contributed by atoms with Crippen LogP contribution in [0.25, 0.3) is 0 Å². The van der Waals surface area contributed by atoms with Gasteiger partial charge in [-0.05, 0) is 42.0 Å². The second-order valence-electron chi connectivity index (χ2n) is 6.26. The summed E-state index contributed by atoms with van der Waals surface area (Å²) < 4.78 is 0. The minimum Gasteiger partial charge on any atom is -0.356 e. The van der Waals surface area contributed by atoms with Gasteiger partial charge in [-0.1, -0.05) is 6.92 Å². The number of aryl methyl sites for hydroxylation is 1. The molecule has 8 heteroatoms. The van der Waals surface area contributed by atoms with Crippen LogP contribution in [0.4, 0.5) is 0 Å². The lowest BCUT2D eigenvalue weighted by atomic mass is 10.1. The standard InChI is InChI=1S/C19H26N4OS2.HI/c1-3-15-4-5-16(26-15)12-22-19(20-2)21-9-6-18(24)23-10-7-17-14(13-23)8-11-25-17;/h4-5,8,11H,3,6-7,9-10,12-13H2,1-2H3,(H2,20,21,22);1H. The van der Waals surface area contributed by atoms with Crippen LogP contribution >= 0.6 is 46.7 Å². The second kappa shape index (κ2) is 11.0. The van der Waals surface area contributed by atoms with Crippen molar-refractivity contribution in [3.63, 3.8) is 0 Å². The van der Waals surface area contributed by atoms with Crippen molar-refractivity contribution in [3.05, 3.63) is 43.8 Å². The summed E-state index contributed by atoms with van der Waals surface area (Å²) in [6.45, 7) is 5.10. The van der Waals surface area contributed by atoms with E-state index in [9.17, 15) is 4.79 Å². The maximum absolute atomic E-state index is 12.4. The smallest absolute Gasteiger partial charge is 0.224 e. The van der Waals surface area contributed by atoms with E-state index < -0.39 is 0 Å². The number of rotatable bonds is 6. The van der Waals surface area contributed by atoms with E-state index in [4.69, 9.17) is 0 Å². The third-order valence-corrected chi connectivity index (χ3v) is 6.76. The molecule has 1 aliphatic rings. The molecule has 0 fully saturated rings. The molecule has 1 amide bonds. The highest BCUT2D eigenvalue weighted by Crippen LogP contribution is 2.24. The Morgan fingerprint density at radius 2 is 2.07 bits per heavy atom. The van der Waals surface area contributed by atoms with Crippen LogP contribution < -0.4 is 10.6 Å². The summed E-state index contributed by atoms with van der Waals surface area (Å²) in [5, 5.41) is 8.67. The van der Waals surface area contributed by atoms with Crippen molar-refractivity contribution in [1.82, 2.24) is 15.5 Å². The Morgan fingerprint density at radius 3 is 2.81 bits per heavy atom. The van der Waals surface area contributed by atoms with Gasteiger partial charge in [0.1, 0.15) is 0 Å². The van der Waals surface area contributed by atoms with Crippen molar-refractivity contribution in [3.8, 4) is 0 Å². The van der Waals surface area contributed by atoms with Crippen molar-refractivity contribution in [2.45, 2.75) is 39.3 Å². The van der Waals surface area contributed by atoms with Crippen molar-refractivity contribution in [2.24, 2.45) is 4.99 Å². The Morgan fingerprint density at radius 1 is 1.26 bits per heavy atom. The van der Waals surface area contributed by atoms with Crippen molar-refractivity contribution in [2.75, 3.05) is 20.1 Å². The van der Waals surface area contributed by atoms with Gasteiger partial charge in [0.15, 0.2) is 5.96 Å². The summed E-state index contributed by atoms with van der Waals surface area (Å²) in [6, 6.07) is 6.47. The number of amides is 1. The van der Waals surface area contributed by atoms with Crippen LogP contribution in [-0.2, 0) is 30.7 Å². The monoisotopic (exact) mass is 518 g/mol. The topological polar surface area (TPSA) is 56.7 Å². The van der Waals surface area contributed by atoms with Crippen molar-refractivity contribution >= 4 is 58.5 Å². The van der Waals surface area contributed by atoms with E-state index in [0.717, 1.165) is 38.4 Å². The van der Waals surface area contributed by atoms with Crippen LogP contribution in [0.15, 0.2) is 28.6 Å². The summed E-state index contributed by atoms with van der Waals surface area (Å²) in [7, 11) is 1.76. The SMILES string of the molecule is CCc1ccc(CNC(=NC)NCCC(=O)N2CCc3sccc3C2)s1.I. The fraction of sp³-hybridized carbons (Fsp3) is 0.474. The number of nitrogens with zero attached hydrogens (tertiary/aromatic N) is 2. The van der Waals surface area contributed by atoms with Crippen molar-refractivity contribution in [1.29, 1.82) is 0 Å². The molecule has 5 nitrogen and oxygen atoms in total. The number of aliphatic imine (C=N–C) groups is 1. The summed E-state index contributed by atoms with van der Waals surface area (Å²) >= 11 is 3.62.